The van der Waals surface area contributed by atoms with E-state index < -0.39 is 113 Å². The van der Waals surface area contributed by atoms with Crippen LogP contribution in [0.15, 0.2) is 212 Å². The molecule has 0 aliphatic carbocycles. The summed E-state index contributed by atoms with van der Waals surface area (Å²) in [5.74, 6) is -1.40. The van der Waals surface area contributed by atoms with Gasteiger partial charge in [-0.2, -0.15) is 0 Å². The van der Waals surface area contributed by atoms with E-state index in [9.17, 15) is 0 Å². The van der Waals surface area contributed by atoms with Gasteiger partial charge in [-0.3, -0.25) is 0 Å². The van der Waals surface area contributed by atoms with Crippen molar-refractivity contribution in [3.05, 3.63) is 212 Å². The van der Waals surface area contributed by atoms with Crippen molar-refractivity contribution in [2.75, 3.05) is 0 Å². The summed E-state index contributed by atoms with van der Waals surface area (Å²) in [7, 11) is 0. The molecule has 0 spiro atoms. The molecule has 0 aliphatic rings. The van der Waals surface area contributed by atoms with E-state index in [0.29, 0.717) is 11.3 Å². The number of fused-ring (bicyclic) bond motifs is 3. The van der Waals surface area contributed by atoms with E-state index in [4.69, 9.17) is 35.5 Å². The van der Waals surface area contributed by atoms with Crippen molar-refractivity contribution in [2.45, 2.75) is 0 Å². The summed E-state index contributed by atoms with van der Waals surface area (Å²) in [6.45, 7) is 0. The molecule has 3 heterocycles. The Bertz CT molecular complexity index is 4080. The van der Waals surface area contributed by atoms with Crippen molar-refractivity contribution in [1.29, 1.82) is 0 Å². The predicted molar refractivity (Wildman–Crippen MR) is 246 cm³/mol. The molecule has 7 nitrogen and oxygen atoms in total. The molecule has 0 saturated carbocycles. The van der Waals surface area contributed by atoms with E-state index in [1.807, 2.05) is 71.3 Å². The predicted octanol–water partition coefficient (Wildman–Crippen LogP) is 12.8. The number of nitrogens with zero attached hydrogens (tertiary/aromatic N) is 7. The van der Waals surface area contributed by atoms with Crippen LogP contribution in [-0.2, 0) is 0 Å². The topological polar surface area (TPSA) is 82.3 Å². The van der Waals surface area contributed by atoms with E-state index in [2.05, 4.69) is 21.0 Å². The maximum absolute atomic E-state index is 8.98. The molecular formula is C54H35N7. The minimum Gasteiger partial charge on any atom is -0.309 e. The van der Waals surface area contributed by atoms with Gasteiger partial charge in [-0.1, -0.05) is 176 Å². The van der Waals surface area contributed by atoms with Gasteiger partial charge < -0.3 is 4.57 Å². The molecule has 11 aromatic rings. The molecule has 7 heteroatoms. The Morgan fingerprint density at radius 1 is 0.311 bits per heavy atom. The van der Waals surface area contributed by atoms with E-state index in [1.54, 1.807) is 48.5 Å². The fourth-order valence-corrected chi connectivity index (χ4v) is 7.23. The van der Waals surface area contributed by atoms with Crippen molar-refractivity contribution < 1.29 is 20.6 Å². The van der Waals surface area contributed by atoms with Crippen molar-refractivity contribution in [1.82, 2.24) is 34.5 Å². The van der Waals surface area contributed by atoms with Crippen molar-refractivity contribution in [3.8, 4) is 85.1 Å². The van der Waals surface area contributed by atoms with Gasteiger partial charge in [-0.05, 0) is 47.5 Å². The highest BCUT2D eigenvalue weighted by atomic mass is 15.1. The average Bonchev–Trinajstić information content (AvgIpc) is 3.78. The Kier molecular flexibility index (Phi) is 5.87. The molecule has 0 amide bonds. The highest BCUT2D eigenvalue weighted by Gasteiger charge is 2.22. The summed E-state index contributed by atoms with van der Waals surface area (Å²) in [6, 6.07) is 27.7. The number of aromatic nitrogens is 7. The Morgan fingerprint density at radius 3 is 1.33 bits per heavy atom. The molecule has 3 aromatic heterocycles. The largest absolute Gasteiger partial charge is 0.309 e. The van der Waals surface area contributed by atoms with Gasteiger partial charge in [0, 0.05) is 44.2 Å². The van der Waals surface area contributed by atoms with Crippen LogP contribution in [0.1, 0.15) is 20.6 Å². The van der Waals surface area contributed by atoms with Crippen LogP contribution in [-0.4, -0.2) is 34.5 Å². The number of hydrogen-bond donors (Lipinski definition) is 0. The van der Waals surface area contributed by atoms with Gasteiger partial charge in [0.15, 0.2) is 34.9 Å². The maximum atomic E-state index is 8.98. The van der Waals surface area contributed by atoms with Crippen LogP contribution >= 0.6 is 0 Å². The molecule has 0 fully saturated rings. The highest BCUT2D eigenvalue weighted by Crippen LogP contribution is 2.39. The van der Waals surface area contributed by atoms with Gasteiger partial charge in [0.2, 0.25) is 0 Å². The first kappa shape index (κ1) is 23.2. The zero-order valence-corrected chi connectivity index (χ0v) is 31.7. The molecule has 0 saturated heterocycles. The van der Waals surface area contributed by atoms with Crippen LogP contribution in [0, 0.1) is 0 Å². The minimum atomic E-state index is -0.699. The number of rotatable bonds is 8. The molecule has 0 N–H and O–H groups in total. The fourth-order valence-electron chi connectivity index (χ4n) is 7.23. The fraction of sp³-hybridized carbons (Fsp3) is 0. The van der Waals surface area contributed by atoms with Gasteiger partial charge in [0.05, 0.1) is 37.3 Å². The molecule has 0 bridgehead atoms. The van der Waals surface area contributed by atoms with Crippen LogP contribution < -0.4 is 0 Å². The third-order valence-corrected chi connectivity index (χ3v) is 9.99. The normalized spacial score (nSPS) is 14.7. The van der Waals surface area contributed by atoms with Crippen LogP contribution in [0.25, 0.3) is 107 Å². The second-order valence-corrected chi connectivity index (χ2v) is 13.7. The van der Waals surface area contributed by atoms with Crippen LogP contribution in [0.2, 0.25) is 0 Å². The highest BCUT2D eigenvalue weighted by molar-refractivity contribution is 6.11. The Morgan fingerprint density at radius 2 is 0.754 bits per heavy atom. The van der Waals surface area contributed by atoms with Gasteiger partial charge in [0.25, 0.3) is 0 Å². The molecule has 0 radical (unpaired) electrons. The number of benzene rings is 8. The third-order valence-electron chi connectivity index (χ3n) is 9.99. The zero-order chi connectivity index (χ0) is 53.6. The first-order chi connectivity index (χ1) is 36.4. The van der Waals surface area contributed by atoms with Crippen LogP contribution in [0.3, 0.4) is 0 Å². The summed E-state index contributed by atoms with van der Waals surface area (Å²) in [4.78, 5) is 28.5. The van der Waals surface area contributed by atoms with Crippen LogP contribution in [0.5, 0.6) is 0 Å². The Hall–Kier alpha value is -8.42. The number of para-hydroxylation sites is 1. The minimum absolute atomic E-state index is 0.0508. The lowest BCUT2D eigenvalue weighted by Gasteiger charge is -2.16. The lowest BCUT2D eigenvalue weighted by molar-refractivity contribution is 1.06. The summed E-state index contributed by atoms with van der Waals surface area (Å²) in [6.07, 6.45) is 0. The smallest absolute Gasteiger partial charge is 0.166 e. The molecule has 8 aromatic carbocycles. The SMILES string of the molecule is [2H]c1c([2H])c([2H])c(-c2nc(-c3ccccc3)nc(-c3cc(-c4nc(-c5c([2H])c([2H])c([2H])c([2H])c5[2H])nc(-c5c([2H])c([2H])c([2H])c([2H])c5[2H])n4)ccc3-n3c4ccccc4c4cc(-c5ccccc5)ccc43)n2)c([2H])c1[2H]. The molecule has 0 unspecified atom stereocenters. The standard InChI is InChI=1S/C54H35N7/c1-6-18-36(19-7-1)41-30-32-47-44(34-41)43-28-16-17-29-46(43)61(47)48-33-31-42(53-57-49(37-20-8-2-9-21-37)55-50(58-53)38-22-10-3-11-23-38)35-45(48)54-59-51(39-24-12-4-13-25-39)56-52(60-54)40-26-14-5-15-27-40/h1-35H/i2D,3D,4D,8D,9D,10D,11D,12D,13D,20D,21D,22D,23D,24D,25D. The van der Waals surface area contributed by atoms with Gasteiger partial charge >= 0.3 is 0 Å². The van der Waals surface area contributed by atoms with Crippen molar-refractivity contribution in [3.63, 3.8) is 0 Å². The van der Waals surface area contributed by atoms with Crippen molar-refractivity contribution in [2.24, 2.45) is 0 Å². The van der Waals surface area contributed by atoms with Gasteiger partial charge in [0.1, 0.15) is 0 Å². The quantitative estimate of drug-likeness (QED) is 0.152. The first-order valence-corrected chi connectivity index (χ1v) is 19.0. The molecular weight excluding hydrogens is 747 g/mol. The van der Waals surface area contributed by atoms with E-state index in [1.165, 1.54) is 0 Å². The lowest BCUT2D eigenvalue weighted by Crippen LogP contribution is -2.05. The molecule has 286 valence electrons. The Balaban J connectivity index is 1.26. The lowest BCUT2D eigenvalue weighted by atomic mass is 10.0. The first-order valence-electron chi connectivity index (χ1n) is 26.5. The Labute approximate surface area is 373 Å². The molecule has 11 rings (SSSR count). The van der Waals surface area contributed by atoms with Gasteiger partial charge in [-0.25, -0.2) is 29.9 Å². The average molecular weight is 797 g/mol. The van der Waals surface area contributed by atoms with Crippen molar-refractivity contribution >= 4 is 21.8 Å². The maximum Gasteiger partial charge on any atom is 0.166 e. The van der Waals surface area contributed by atoms with E-state index >= 15 is 0 Å². The monoisotopic (exact) mass is 796 g/mol. The summed E-state index contributed by atoms with van der Waals surface area (Å²) < 4.78 is 131. The van der Waals surface area contributed by atoms with E-state index in [-0.39, 0.29) is 40.0 Å². The summed E-state index contributed by atoms with van der Waals surface area (Å²) in [5, 5.41) is 1.77. The second-order valence-electron chi connectivity index (χ2n) is 13.7. The van der Waals surface area contributed by atoms with Crippen LogP contribution in [0.4, 0.5) is 0 Å². The summed E-state index contributed by atoms with van der Waals surface area (Å²) >= 11 is 0. The van der Waals surface area contributed by atoms with E-state index in [0.717, 1.165) is 32.9 Å². The van der Waals surface area contributed by atoms with Gasteiger partial charge in [-0.15, -0.1) is 0 Å². The summed E-state index contributed by atoms with van der Waals surface area (Å²) in [5.41, 5.74) is 3.62. The zero-order valence-electron chi connectivity index (χ0n) is 46.7. The molecule has 0 atom stereocenters. The number of hydrogen-bond acceptors (Lipinski definition) is 6. The molecule has 61 heavy (non-hydrogen) atoms. The molecule has 0 aliphatic heterocycles. The third kappa shape index (κ3) is 6.80. The second kappa shape index (κ2) is 15.4.